The van der Waals surface area contributed by atoms with Gasteiger partial charge in [-0.1, -0.05) is 20.2 Å². The Hall–Kier alpha value is -0.680. The highest BCUT2D eigenvalue weighted by Crippen LogP contribution is 2.44. The first kappa shape index (κ1) is 99.1. The summed E-state index contributed by atoms with van der Waals surface area (Å²) >= 11 is -1.41. The van der Waals surface area contributed by atoms with Crippen LogP contribution in [0.3, 0.4) is 0 Å². The highest BCUT2D eigenvalue weighted by Gasteiger charge is 2.62. The number of rotatable bonds is 52. The van der Waals surface area contributed by atoms with E-state index in [-0.39, 0.29) is 56.8 Å². The largest absolute Gasteiger partial charge is 0.397 e. The van der Waals surface area contributed by atoms with Gasteiger partial charge >= 0.3 is 41.6 Å². The van der Waals surface area contributed by atoms with Crippen molar-refractivity contribution in [2.45, 2.75) is 184 Å². The van der Waals surface area contributed by atoms with Gasteiger partial charge in [-0.15, -0.1) is 17.3 Å². The molecule has 656 valence electrons. The Morgan fingerprint density at radius 1 is 0.252 bits per heavy atom. The lowest BCUT2D eigenvalue weighted by Crippen LogP contribution is -2.69. The Balaban J connectivity index is 1.40. The van der Waals surface area contributed by atoms with Crippen LogP contribution < -0.4 is 0 Å². The van der Waals surface area contributed by atoms with Gasteiger partial charge < -0.3 is 109 Å². The molecule has 0 aliphatic carbocycles. The molecule has 8 N–H and O–H groups in total. The van der Waals surface area contributed by atoms with E-state index in [4.69, 9.17) is 150 Å². The number of hydrogen-bond donors (Lipinski definition) is 8. The lowest BCUT2D eigenvalue weighted by Gasteiger charge is -2.52. The Labute approximate surface area is 649 Å². The molecule has 0 saturated carbocycles. The van der Waals surface area contributed by atoms with Crippen LogP contribution in [0.15, 0.2) is 0 Å². The van der Waals surface area contributed by atoms with Crippen LogP contribution in [0.5, 0.6) is 0 Å². The van der Waals surface area contributed by atoms with E-state index in [1.807, 2.05) is 0 Å². The maximum atomic E-state index is 13.1. The second kappa shape index (κ2) is 48.7. The van der Waals surface area contributed by atoms with Crippen LogP contribution in [0.4, 0.5) is 0 Å². The van der Waals surface area contributed by atoms with E-state index in [9.17, 15) is 57.1 Å². The fraction of sp³-hybridized carbons (Fsp3) is 1.00. The molecule has 30 atom stereocenters. The molecule has 0 aromatic carbocycles. The standard InChI is InChI=1S/C48H86O55S8/c1-65-13-19-25(31(68-4)37(72-8)43(76-12)80-19)86-44-38(73-9)32(69-5)26(20(81-44)14-66-2)87-45-39(74-10)33(70-6)27(21(82-45)15-67-3)88-46-40(75-11)34(71-7)28(22(83-46)16-77-108(53,54)55)89-48-42(95-111(62,63)64)35(92-105-101-97-50)29(23(84-48)17-78-109(56,57)58)90-47-41(94-107-103-99-52)36(93-106-102-98-51)30(91-104-100-96-49)24(85-47)18-79-110(59,60)61/h19-52H,13-18H2,1-12H3,(H,53,54,55)(H,56,57,58)(H,59,60,61)(H,62,63,64)/t19-,20-,21?,22?,23-,24-,25+,26+,27+,28+,29+,30+,31?,32?,33-,34-,35?,36?,37?,38?,39-,40?,41?,42?,43+,44+,45?,46-,47+,48-/m0/s1. The van der Waals surface area contributed by atoms with Crippen LogP contribution in [0.2, 0.25) is 0 Å². The van der Waals surface area contributed by atoms with Crippen LogP contribution in [0.25, 0.3) is 0 Å². The zero-order chi connectivity index (χ0) is 82.0. The molecule has 0 aromatic heterocycles. The molecule has 6 heterocycles. The van der Waals surface area contributed by atoms with Crippen LogP contribution in [0.1, 0.15) is 0 Å². The second-order valence-corrected chi connectivity index (χ2v) is 28.9. The molecule has 0 aromatic rings. The third kappa shape index (κ3) is 28.7. The van der Waals surface area contributed by atoms with Gasteiger partial charge in [0, 0.05) is 85.3 Å². The predicted octanol–water partition coefficient (Wildman–Crippen LogP) is -2.91. The summed E-state index contributed by atoms with van der Waals surface area (Å²) in [6.45, 7) is -4.95. The molecular formula is C48H86O55S8. The quantitative estimate of drug-likeness (QED) is 0.00995. The van der Waals surface area contributed by atoms with E-state index in [0.29, 0.717) is 0 Å². The fourth-order valence-corrected chi connectivity index (χ4v) is 15.3. The lowest BCUT2D eigenvalue weighted by molar-refractivity contribution is -0.437. The summed E-state index contributed by atoms with van der Waals surface area (Å²) in [7, 11) is -7.04. The maximum absolute atomic E-state index is 13.1. The molecule has 63 heteroatoms. The summed E-state index contributed by atoms with van der Waals surface area (Å²) in [5.41, 5.74) is 0. The summed E-state index contributed by atoms with van der Waals surface area (Å²) in [5, 5.41) is 50.2. The zero-order valence-corrected chi connectivity index (χ0v) is 66.1. The summed E-state index contributed by atoms with van der Waals surface area (Å²) in [6.07, 6.45) is -51.3. The monoisotopic (exact) mass is 1800 g/mol. The van der Waals surface area contributed by atoms with E-state index >= 15 is 0 Å². The molecule has 0 spiro atoms. The maximum Gasteiger partial charge on any atom is 0.397 e. The highest BCUT2D eigenvalue weighted by molar-refractivity contribution is 7.90. The average molecular weight is 1800 g/mol. The number of methoxy groups -OCH3 is 12. The first-order chi connectivity index (χ1) is 52.9. The van der Waals surface area contributed by atoms with Crippen molar-refractivity contribution in [1.82, 2.24) is 0 Å². The highest BCUT2D eigenvalue weighted by atomic mass is 32.3. The van der Waals surface area contributed by atoms with Gasteiger partial charge in [-0.2, -0.15) is 33.7 Å². The molecule has 6 rings (SSSR count). The van der Waals surface area contributed by atoms with Crippen molar-refractivity contribution in [2.24, 2.45) is 0 Å². The topological polar surface area (TPSA) is 658 Å². The van der Waals surface area contributed by atoms with Gasteiger partial charge in [0.25, 0.3) is 0 Å². The molecule has 6 fully saturated rings. The minimum absolute atomic E-state index is 0.00646. The van der Waals surface area contributed by atoms with E-state index < -0.39 is 258 Å². The van der Waals surface area contributed by atoms with Gasteiger partial charge in [0.1, 0.15) is 134 Å². The average Bonchev–Trinajstić information content (AvgIpc) is 0.762. The second-order valence-electron chi connectivity index (χ2n) is 22.7. The van der Waals surface area contributed by atoms with Crippen molar-refractivity contribution in [3.8, 4) is 0 Å². The van der Waals surface area contributed by atoms with Crippen molar-refractivity contribution >= 4 is 90.9 Å². The zero-order valence-electron chi connectivity index (χ0n) is 59.6. The van der Waals surface area contributed by atoms with Gasteiger partial charge in [-0.05, 0) is 0 Å². The Morgan fingerprint density at radius 3 is 0.739 bits per heavy atom. The Bertz CT molecular complexity index is 3080. The Morgan fingerprint density at radius 2 is 0.477 bits per heavy atom. The summed E-state index contributed by atoms with van der Waals surface area (Å²) in [6, 6.07) is 0. The Kier molecular flexibility index (Phi) is 43.5. The molecule has 111 heavy (non-hydrogen) atoms. The molecule has 6 aliphatic rings. The van der Waals surface area contributed by atoms with E-state index in [2.05, 4.69) is 45.9 Å². The van der Waals surface area contributed by atoms with Gasteiger partial charge in [-0.3, -0.25) is 34.9 Å². The minimum atomic E-state index is -6.01. The van der Waals surface area contributed by atoms with Crippen LogP contribution in [-0.4, -0.2) is 382 Å². The molecule has 6 aliphatic heterocycles. The first-order valence-electron chi connectivity index (χ1n) is 31.0. The first-order valence-corrected chi connectivity index (χ1v) is 39.2. The minimum Gasteiger partial charge on any atom is -0.382 e. The summed E-state index contributed by atoms with van der Waals surface area (Å²) in [5.74, 6) is 0. The third-order valence-electron chi connectivity index (χ3n) is 16.6. The number of ether oxygens (including phenoxy) is 23. The molecular weight excluding hydrogens is 1710 g/mol. The van der Waals surface area contributed by atoms with Crippen molar-refractivity contribution in [1.29, 1.82) is 0 Å². The molecule has 0 radical (unpaired) electrons. The van der Waals surface area contributed by atoms with Crippen LogP contribution in [-0.2, 0) is 221 Å². The van der Waals surface area contributed by atoms with Gasteiger partial charge in [0.05, 0.1) is 39.6 Å². The van der Waals surface area contributed by atoms with Crippen molar-refractivity contribution in [2.75, 3.05) is 125 Å². The smallest absolute Gasteiger partial charge is 0.382 e. The summed E-state index contributed by atoms with van der Waals surface area (Å²) in [4.78, 5) is 0. The normalized spacial score (nSPS) is 37.5. The predicted molar refractivity (Wildman–Crippen MR) is 343 cm³/mol. The molecule has 0 bridgehead atoms. The molecule has 55 nitrogen and oxygen atoms in total. The van der Waals surface area contributed by atoms with Crippen molar-refractivity contribution < 1.29 is 253 Å². The van der Waals surface area contributed by atoms with Gasteiger partial charge in [0.15, 0.2) is 99.2 Å². The molecule has 6 saturated heterocycles. The van der Waals surface area contributed by atoms with Crippen molar-refractivity contribution in [3.05, 3.63) is 0 Å². The third-order valence-corrected chi connectivity index (χ3v) is 20.1. The van der Waals surface area contributed by atoms with Gasteiger partial charge in [-0.25, -0.2) is 37.8 Å². The van der Waals surface area contributed by atoms with Crippen molar-refractivity contribution in [3.63, 3.8) is 0 Å². The van der Waals surface area contributed by atoms with Crippen LogP contribution >= 0.6 is 49.3 Å². The molecule has 0 amide bonds. The van der Waals surface area contributed by atoms with Crippen LogP contribution in [0, 0.1) is 0 Å². The van der Waals surface area contributed by atoms with E-state index in [0.717, 1.165) is 14.2 Å². The van der Waals surface area contributed by atoms with Gasteiger partial charge in [0.2, 0.25) is 0 Å². The fourth-order valence-electron chi connectivity index (χ4n) is 12.4. The molecule has 12 unspecified atom stereocenters. The lowest BCUT2D eigenvalue weighted by atomic mass is 9.94. The SMILES string of the molecule is COCC1OC(O[C@H]2C(OC)C(OC)[C@@H](O[C@H]3C(OC)C(OC)[C@H](OC)O[C@H]3COC)O[C@H]2COC)[C@@H](OC)[C@@H](OC)[C@@H]1O[C@@H]1OC(COS(=O)(=O)O)[C@@H](O[C@@H]2O[C@@H](COS(=O)(=O)O)[C@@H](O[C@H]3O[C@@H](COS(=O)(=O)O)[C@@H](OSOOO)C(OSOOO)C3OSOOO)C(OSOOO)C2OS(=O)(=O)O)[C@H](OC)C1OC. The van der Waals surface area contributed by atoms with E-state index in [1.165, 1.54) is 71.1 Å². The summed E-state index contributed by atoms with van der Waals surface area (Å²) < 4.78 is 339. The van der Waals surface area contributed by atoms with E-state index in [1.54, 1.807) is 0 Å². The number of hydrogen-bond acceptors (Lipinski definition) is 55.